The maximum Gasteiger partial charge on any atom is 0.315 e. The van der Waals surface area contributed by atoms with Gasteiger partial charge < -0.3 is 15.2 Å². The highest BCUT2D eigenvalue weighted by molar-refractivity contribution is 5.54. The van der Waals surface area contributed by atoms with E-state index in [0.29, 0.717) is 17.2 Å². The molecule has 0 amide bonds. The van der Waals surface area contributed by atoms with Crippen LogP contribution in [0.1, 0.15) is 5.56 Å². The standard InChI is InChI=1S/C14H14N2O4/c1-9-7-10(15)3-5-13(9)20-14-6-4-11(19-2)8-12(14)16(17)18/h3-8H,15H2,1-2H3. The molecule has 2 aromatic rings. The number of aryl methyl sites for hydroxylation is 1. The lowest BCUT2D eigenvalue weighted by molar-refractivity contribution is -0.385. The van der Waals surface area contributed by atoms with E-state index in [9.17, 15) is 10.1 Å². The summed E-state index contributed by atoms with van der Waals surface area (Å²) in [6, 6.07) is 9.53. The summed E-state index contributed by atoms with van der Waals surface area (Å²) >= 11 is 0. The molecule has 20 heavy (non-hydrogen) atoms. The van der Waals surface area contributed by atoms with E-state index in [2.05, 4.69) is 0 Å². The Labute approximate surface area is 115 Å². The van der Waals surface area contributed by atoms with Crippen molar-refractivity contribution in [2.75, 3.05) is 12.8 Å². The number of methoxy groups -OCH3 is 1. The Morgan fingerprint density at radius 2 is 1.85 bits per heavy atom. The number of benzene rings is 2. The van der Waals surface area contributed by atoms with Crippen LogP contribution in [0.2, 0.25) is 0 Å². The second-order valence-corrected chi connectivity index (χ2v) is 4.22. The molecule has 0 heterocycles. The van der Waals surface area contributed by atoms with E-state index in [1.165, 1.54) is 19.2 Å². The molecule has 0 aliphatic rings. The molecular weight excluding hydrogens is 260 g/mol. The Morgan fingerprint density at radius 3 is 2.45 bits per heavy atom. The number of hydrogen-bond donors (Lipinski definition) is 1. The first-order chi connectivity index (χ1) is 9.51. The Balaban J connectivity index is 2.40. The summed E-state index contributed by atoms with van der Waals surface area (Å²) in [6.07, 6.45) is 0. The highest BCUT2D eigenvalue weighted by Crippen LogP contribution is 2.35. The van der Waals surface area contributed by atoms with Crippen LogP contribution in [-0.4, -0.2) is 12.0 Å². The Bertz CT molecular complexity index is 656. The largest absolute Gasteiger partial charge is 0.496 e. The second kappa shape index (κ2) is 5.48. The van der Waals surface area contributed by atoms with Crippen LogP contribution in [0.5, 0.6) is 17.2 Å². The van der Waals surface area contributed by atoms with E-state index in [1.54, 1.807) is 24.3 Å². The molecule has 0 saturated carbocycles. The SMILES string of the molecule is COc1ccc(Oc2ccc(N)cc2C)c([N+](=O)[O-])c1. The summed E-state index contributed by atoms with van der Waals surface area (Å²) in [5, 5.41) is 11.1. The van der Waals surface area contributed by atoms with E-state index in [-0.39, 0.29) is 11.4 Å². The minimum Gasteiger partial charge on any atom is -0.496 e. The summed E-state index contributed by atoms with van der Waals surface area (Å²) in [5.74, 6) is 1.08. The molecule has 0 saturated heterocycles. The quantitative estimate of drug-likeness (QED) is 0.525. The van der Waals surface area contributed by atoms with Gasteiger partial charge in [0, 0.05) is 5.69 Å². The van der Waals surface area contributed by atoms with Crippen molar-refractivity contribution < 1.29 is 14.4 Å². The van der Waals surface area contributed by atoms with E-state index in [0.717, 1.165) is 5.56 Å². The molecule has 6 nitrogen and oxygen atoms in total. The zero-order chi connectivity index (χ0) is 14.7. The van der Waals surface area contributed by atoms with Crippen molar-refractivity contribution in [3.8, 4) is 17.2 Å². The predicted octanol–water partition coefficient (Wildman–Crippen LogP) is 3.29. The summed E-state index contributed by atoms with van der Waals surface area (Å²) in [5.41, 5.74) is 6.92. The summed E-state index contributed by atoms with van der Waals surface area (Å²) in [7, 11) is 1.45. The van der Waals surface area contributed by atoms with Gasteiger partial charge >= 0.3 is 5.69 Å². The van der Waals surface area contributed by atoms with Crippen LogP contribution in [-0.2, 0) is 0 Å². The van der Waals surface area contributed by atoms with E-state index >= 15 is 0 Å². The van der Waals surface area contributed by atoms with Gasteiger partial charge in [0.2, 0.25) is 5.75 Å². The molecule has 0 spiro atoms. The fraction of sp³-hybridized carbons (Fsp3) is 0.143. The lowest BCUT2D eigenvalue weighted by Gasteiger charge is -2.10. The summed E-state index contributed by atoms with van der Waals surface area (Å²) in [4.78, 5) is 10.6. The van der Waals surface area contributed by atoms with Crippen LogP contribution >= 0.6 is 0 Å². The maximum atomic E-state index is 11.1. The third-order valence-electron chi connectivity index (χ3n) is 2.78. The number of nitrogens with two attached hydrogens (primary N) is 1. The van der Waals surface area contributed by atoms with Gasteiger partial charge in [0.05, 0.1) is 18.1 Å². The van der Waals surface area contributed by atoms with Crippen molar-refractivity contribution in [2.45, 2.75) is 6.92 Å². The number of ether oxygens (including phenoxy) is 2. The highest BCUT2D eigenvalue weighted by atomic mass is 16.6. The van der Waals surface area contributed by atoms with Gasteiger partial charge in [-0.3, -0.25) is 10.1 Å². The average Bonchev–Trinajstić information content (AvgIpc) is 2.42. The number of nitrogen functional groups attached to an aromatic ring is 1. The molecular formula is C14H14N2O4. The molecule has 0 aromatic heterocycles. The van der Waals surface area contributed by atoms with Gasteiger partial charge in [-0.15, -0.1) is 0 Å². The molecule has 6 heteroatoms. The van der Waals surface area contributed by atoms with Gasteiger partial charge in [0.25, 0.3) is 0 Å². The van der Waals surface area contributed by atoms with Gasteiger partial charge in [0.15, 0.2) is 0 Å². The first-order valence-electron chi connectivity index (χ1n) is 5.87. The van der Waals surface area contributed by atoms with Crippen LogP contribution in [0, 0.1) is 17.0 Å². The molecule has 2 rings (SSSR count). The number of rotatable bonds is 4. The molecule has 0 aliphatic heterocycles. The van der Waals surface area contributed by atoms with Crippen LogP contribution in [0.4, 0.5) is 11.4 Å². The highest BCUT2D eigenvalue weighted by Gasteiger charge is 2.17. The van der Waals surface area contributed by atoms with E-state index < -0.39 is 4.92 Å². The monoisotopic (exact) mass is 274 g/mol. The fourth-order valence-electron chi connectivity index (χ4n) is 1.76. The maximum absolute atomic E-state index is 11.1. The minimum absolute atomic E-state index is 0.152. The van der Waals surface area contributed by atoms with Crippen molar-refractivity contribution in [3.63, 3.8) is 0 Å². The molecule has 104 valence electrons. The van der Waals surface area contributed by atoms with Crippen LogP contribution in [0.15, 0.2) is 36.4 Å². The average molecular weight is 274 g/mol. The molecule has 0 bridgehead atoms. The normalized spacial score (nSPS) is 10.1. The molecule has 0 unspecified atom stereocenters. The minimum atomic E-state index is -0.509. The first kappa shape index (κ1) is 13.7. The zero-order valence-electron chi connectivity index (χ0n) is 11.1. The number of anilines is 1. The molecule has 0 aliphatic carbocycles. The predicted molar refractivity (Wildman–Crippen MR) is 75.3 cm³/mol. The van der Waals surface area contributed by atoms with Crippen LogP contribution < -0.4 is 15.2 Å². The Hall–Kier alpha value is -2.76. The summed E-state index contributed by atoms with van der Waals surface area (Å²) < 4.78 is 10.6. The molecule has 2 N–H and O–H groups in total. The lowest BCUT2D eigenvalue weighted by Crippen LogP contribution is -1.96. The third kappa shape index (κ3) is 2.80. The molecule has 0 radical (unpaired) electrons. The number of nitro groups is 1. The smallest absolute Gasteiger partial charge is 0.315 e. The molecule has 2 aromatic carbocycles. The Morgan fingerprint density at radius 1 is 1.15 bits per heavy atom. The topological polar surface area (TPSA) is 87.6 Å². The van der Waals surface area contributed by atoms with Gasteiger partial charge in [0.1, 0.15) is 11.5 Å². The van der Waals surface area contributed by atoms with Crippen molar-refractivity contribution in [1.82, 2.24) is 0 Å². The fourth-order valence-corrected chi connectivity index (χ4v) is 1.76. The van der Waals surface area contributed by atoms with Crippen LogP contribution in [0.25, 0.3) is 0 Å². The number of nitro benzene ring substituents is 1. The third-order valence-corrected chi connectivity index (χ3v) is 2.78. The summed E-state index contributed by atoms with van der Waals surface area (Å²) in [6.45, 7) is 1.82. The lowest BCUT2D eigenvalue weighted by atomic mass is 10.2. The van der Waals surface area contributed by atoms with Crippen molar-refractivity contribution >= 4 is 11.4 Å². The molecule has 0 fully saturated rings. The van der Waals surface area contributed by atoms with Crippen LogP contribution in [0.3, 0.4) is 0 Å². The van der Waals surface area contributed by atoms with Gasteiger partial charge in [-0.25, -0.2) is 0 Å². The van der Waals surface area contributed by atoms with E-state index in [4.69, 9.17) is 15.2 Å². The van der Waals surface area contributed by atoms with Gasteiger partial charge in [-0.1, -0.05) is 0 Å². The van der Waals surface area contributed by atoms with Crippen molar-refractivity contribution in [1.29, 1.82) is 0 Å². The Kier molecular flexibility index (Phi) is 3.74. The van der Waals surface area contributed by atoms with Crippen molar-refractivity contribution in [3.05, 3.63) is 52.1 Å². The molecule has 0 atom stereocenters. The zero-order valence-corrected chi connectivity index (χ0v) is 11.1. The van der Waals surface area contributed by atoms with Gasteiger partial charge in [-0.05, 0) is 42.8 Å². The first-order valence-corrected chi connectivity index (χ1v) is 5.87. The number of hydrogen-bond acceptors (Lipinski definition) is 5. The van der Waals surface area contributed by atoms with Gasteiger partial charge in [-0.2, -0.15) is 0 Å². The second-order valence-electron chi connectivity index (χ2n) is 4.22. The van der Waals surface area contributed by atoms with Crippen molar-refractivity contribution in [2.24, 2.45) is 0 Å². The van der Waals surface area contributed by atoms with E-state index in [1.807, 2.05) is 6.92 Å². The number of nitrogens with zero attached hydrogens (tertiary/aromatic N) is 1.